The molecule has 1 aromatic carbocycles. The van der Waals surface area contributed by atoms with Gasteiger partial charge in [-0.05, 0) is 31.4 Å². The van der Waals surface area contributed by atoms with E-state index in [4.69, 9.17) is 0 Å². The second-order valence-electron chi connectivity index (χ2n) is 5.03. The van der Waals surface area contributed by atoms with E-state index < -0.39 is 0 Å². The highest BCUT2D eigenvalue weighted by Crippen LogP contribution is 2.15. The number of hydrogen-bond acceptors (Lipinski definition) is 2. The third-order valence-corrected chi connectivity index (χ3v) is 3.36. The van der Waals surface area contributed by atoms with E-state index in [1.54, 1.807) is 0 Å². The van der Waals surface area contributed by atoms with Crippen LogP contribution in [0, 0.1) is 0 Å². The number of nitrogens with one attached hydrogen (secondary N) is 1. The summed E-state index contributed by atoms with van der Waals surface area (Å²) in [6, 6.07) is 11.1. The van der Waals surface area contributed by atoms with E-state index in [0.29, 0.717) is 6.04 Å². The molecule has 0 aliphatic heterocycles. The minimum Gasteiger partial charge on any atom is -0.371 e. The van der Waals surface area contributed by atoms with Gasteiger partial charge in [0.1, 0.15) is 0 Å². The van der Waals surface area contributed by atoms with Crippen LogP contribution in [-0.2, 0) is 0 Å². The van der Waals surface area contributed by atoms with Crippen LogP contribution in [0.2, 0.25) is 0 Å². The molecule has 2 nitrogen and oxygen atoms in total. The molecule has 1 unspecified atom stereocenters. The Balaban J connectivity index is 2.55. The highest BCUT2D eigenvalue weighted by Gasteiger charge is 2.10. The van der Waals surface area contributed by atoms with Gasteiger partial charge in [-0.25, -0.2) is 0 Å². The summed E-state index contributed by atoms with van der Waals surface area (Å²) in [4.78, 5) is 2.46. The molecule has 0 saturated heterocycles. The van der Waals surface area contributed by atoms with Gasteiger partial charge in [-0.3, -0.25) is 0 Å². The van der Waals surface area contributed by atoms with E-state index in [2.05, 4.69) is 60.6 Å². The fourth-order valence-electron chi connectivity index (χ4n) is 2.34. The Morgan fingerprint density at radius 1 is 1.15 bits per heavy atom. The summed E-state index contributed by atoms with van der Waals surface area (Å²) in [6.45, 7) is 12.9. The van der Waals surface area contributed by atoms with Crippen molar-refractivity contribution in [3.8, 4) is 0 Å². The molecule has 1 rings (SSSR count). The second kappa shape index (κ2) is 10.3. The number of rotatable bonds is 11. The molecule has 0 amide bonds. The van der Waals surface area contributed by atoms with E-state index in [-0.39, 0.29) is 0 Å². The molecular weight excluding hydrogens is 244 g/mol. The standard InChI is InChI=1S/C18H28N2/c1-4-10-17(19-14-5-2)13-16-20(15-6-3)18-11-8-7-9-12-18/h4-5,7-9,11-12,17,19H,1-2,6,10,13-16H2,3H3. The van der Waals surface area contributed by atoms with E-state index in [9.17, 15) is 0 Å². The fourth-order valence-corrected chi connectivity index (χ4v) is 2.34. The highest BCUT2D eigenvalue weighted by atomic mass is 15.1. The molecule has 0 radical (unpaired) electrons. The molecule has 0 spiro atoms. The smallest absolute Gasteiger partial charge is 0.0366 e. The SMILES string of the molecule is C=CCNC(CC=C)CCN(CCC)c1ccccc1. The molecule has 110 valence electrons. The number of para-hydroxylation sites is 1. The molecule has 0 bridgehead atoms. The van der Waals surface area contributed by atoms with Crippen molar-refractivity contribution in [2.75, 3.05) is 24.5 Å². The summed E-state index contributed by atoms with van der Waals surface area (Å²) in [7, 11) is 0. The number of nitrogens with zero attached hydrogens (tertiary/aromatic N) is 1. The molecule has 0 aliphatic rings. The Kier molecular flexibility index (Phi) is 8.48. The number of hydrogen-bond donors (Lipinski definition) is 1. The van der Waals surface area contributed by atoms with Crippen LogP contribution in [0.5, 0.6) is 0 Å². The van der Waals surface area contributed by atoms with Gasteiger partial charge in [0, 0.05) is 31.4 Å². The summed E-state index contributed by atoms with van der Waals surface area (Å²) in [5.41, 5.74) is 1.32. The zero-order chi connectivity index (χ0) is 14.6. The lowest BCUT2D eigenvalue weighted by atomic mass is 10.1. The maximum Gasteiger partial charge on any atom is 0.0366 e. The van der Waals surface area contributed by atoms with Crippen LogP contribution in [0.3, 0.4) is 0 Å². The average molecular weight is 272 g/mol. The lowest BCUT2D eigenvalue weighted by molar-refractivity contribution is 0.504. The van der Waals surface area contributed by atoms with Crippen molar-refractivity contribution in [3.05, 3.63) is 55.6 Å². The van der Waals surface area contributed by atoms with Gasteiger partial charge in [-0.2, -0.15) is 0 Å². The molecule has 1 atom stereocenters. The Morgan fingerprint density at radius 3 is 2.50 bits per heavy atom. The predicted molar refractivity (Wildman–Crippen MR) is 90.4 cm³/mol. The lowest BCUT2D eigenvalue weighted by Gasteiger charge is -2.27. The van der Waals surface area contributed by atoms with Crippen molar-refractivity contribution < 1.29 is 0 Å². The van der Waals surface area contributed by atoms with Crippen molar-refractivity contribution in [1.29, 1.82) is 0 Å². The Bertz CT molecular complexity index is 372. The van der Waals surface area contributed by atoms with Gasteiger partial charge in [0.2, 0.25) is 0 Å². The lowest BCUT2D eigenvalue weighted by Crippen LogP contribution is -2.34. The van der Waals surface area contributed by atoms with Crippen molar-refractivity contribution in [2.45, 2.75) is 32.2 Å². The molecule has 0 saturated carbocycles. The van der Waals surface area contributed by atoms with Gasteiger partial charge in [0.15, 0.2) is 0 Å². The minimum atomic E-state index is 0.480. The average Bonchev–Trinajstić information content (AvgIpc) is 2.49. The Hall–Kier alpha value is -1.54. The van der Waals surface area contributed by atoms with Crippen molar-refractivity contribution in [3.63, 3.8) is 0 Å². The fraction of sp³-hybridized carbons (Fsp3) is 0.444. The van der Waals surface area contributed by atoms with Gasteiger partial charge < -0.3 is 10.2 Å². The van der Waals surface area contributed by atoms with Crippen LogP contribution in [0.4, 0.5) is 5.69 Å². The van der Waals surface area contributed by atoms with Gasteiger partial charge in [-0.1, -0.05) is 37.3 Å². The van der Waals surface area contributed by atoms with E-state index >= 15 is 0 Å². The van der Waals surface area contributed by atoms with E-state index in [1.807, 2.05) is 12.2 Å². The quantitative estimate of drug-likeness (QED) is 0.612. The third-order valence-electron chi connectivity index (χ3n) is 3.36. The molecule has 2 heteroatoms. The molecule has 0 aliphatic carbocycles. The zero-order valence-electron chi connectivity index (χ0n) is 12.7. The summed E-state index contributed by atoms with van der Waals surface area (Å²) in [6.07, 6.45) is 7.20. The first-order chi connectivity index (χ1) is 9.81. The van der Waals surface area contributed by atoms with Crippen LogP contribution in [0.1, 0.15) is 26.2 Å². The van der Waals surface area contributed by atoms with E-state index in [1.165, 1.54) is 12.1 Å². The van der Waals surface area contributed by atoms with Gasteiger partial charge in [0.05, 0.1) is 0 Å². The summed E-state index contributed by atoms with van der Waals surface area (Å²) < 4.78 is 0. The Morgan fingerprint density at radius 2 is 1.90 bits per heavy atom. The van der Waals surface area contributed by atoms with Gasteiger partial charge in [-0.15, -0.1) is 13.2 Å². The normalized spacial score (nSPS) is 11.8. The molecule has 1 N–H and O–H groups in total. The number of anilines is 1. The number of benzene rings is 1. The zero-order valence-corrected chi connectivity index (χ0v) is 12.7. The molecule has 1 aromatic rings. The summed E-state index contributed by atoms with van der Waals surface area (Å²) in [5.74, 6) is 0. The molecule has 0 aromatic heterocycles. The maximum atomic E-state index is 3.85. The topological polar surface area (TPSA) is 15.3 Å². The first-order valence-corrected chi connectivity index (χ1v) is 7.57. The van der Waals surface area contributed by atoms with Crippen LogP contribution in [-0.4, -0.2) is 25.7 Å². The van der Waals surface area contributed by atoms with Crippen molar-refractivity contribution >= 4 is 5.69 Å². The third kappa shape index (κ3) is 6.07. The Labute approximate surface area is 124 Å². The molecule has 20 heavy (non-hydrogen) atoms. The van der Waals surface area contributed by atoms with Crippen molar-refractivity contribution in [2.24, 2.45) is 0 Å². The predicted octanol–water partition coefficient (Wildman–Crippen LogP) is 4.01. The first kappa shape index (κ1) is 16.5. The van der Waals surface area contributed by atoms with Crippen LogP contribution >= 0.6 is 0 Å². The minimum absolute atomic E-state index is 0.480. The maximum absolute atomic E-state index is 3.85. The first-order valence-electron chi connectivity index (χ1n) is 7.57. The highest BCUT2D eigenvalue weighted by molar-refractivity contribution is 5.45. The van der Waals surface area contributed by atoms with Gasteiger partial charge >= 0.3 is 0 Å². The van der Waals surface area contributed by atoms with Crippen LogP contribution in [0.25, 0.3) is 0 Å². The molecular formula is C18H28N2. The monoisotopic (exact) mass is 272 g/mol. The largest absolute Gasteiger partial charge is 0.371 e. The van der Waals surface area contributed by atoms with Crippen LogP contribution in [0.15, 0.2) is 55.6 Å². The molecule has 0 fully saturated rings. The second-order valence-corrected chi connectivity index (χ2v) is 5.03. The summed E-state index contributed by atoms with van der Waals surface area (Å²) >= 11 is 0. The van der Waals surface area contributed by atoms with Crippen LogP contribution < -0.4 is 10.2 Å². The summed E-state index contributed by atoms with van der Waals surface area (Å²) in [5, 5.41) is 3.50. The van der Waals surface area contributed by atoms with E-state index in [0.717, 1.165) is 32.5 Å². The van der Waals surface area contributed by atoms with Gasteiger partial charge in [0.25, 0.3) is 0 Å². The molecule has 0 heterocycles. The van der Waals surface area contributed by atoms with Crippen molar-refractivity contribution in [1.82, 2.24) is 5.32 Å².